The Labute approximate surface area is 57.9 Å². The highest BCUT2D eigenvalue weighted by atomic mass is 16.3. The Kier molecular flexibility index (Phi) is 4.17. The van der Waals surface area contributed by atoms with Gasteiger partial charge in [-0.15, -0.1) is 5.10 Å². The van der Waals surface area contributed by atoms with Crippen LogP contribution >= 0.6 is 0 Å². The quantitative estimate of drug-likeness (QED) is 0.201. The molecule has 0 aliphatic heterocycles. The number of nitrogens with zero attached hydrogens (tertiary/aromatic N) is 2. The van der Waals surface area contributed by atoms with Crippen LogP contribution in [0.15, 0.2) is 10.2 Å². The van der Waals surface area contributed by atoms with Gasteiger partial charge in [0.1, 0.15) is 6.10 Å². The fraction of sp³-hybridized carbons (Fsp3) is 0.500. The smallest absolute Gasteiger partial charge is 0.211 e. The van der Waals surface area contributed by atoms with Crippen molar-refractivity contribution in [1.29, 1.82) is 0 Å². The lowest BCUT2D eigenvalue weighted by atomic mass is 10.4. The van der Waals surface area contributed by atoms with E-state index in [1.165, 1.54) is 0 Å². The molecular weight excluding hydrogens is 136 g/mol. The van der Waals surface area contributed by atoms with Crippen LogP contribution in [0.1, 0.15) is 0 Å². The Morgan fingerprint density at radius 3 is 2.60 bits per heavy atom. The average Bonchev–Trinajstić information content (AvgIpc) is 1.87. The van der Waals surface area contributed by atoms with Crippen LogP contribution in [0.5, 0.6) is 0 Å². The van der Waals surface area contributed by atoms with Gasteiger partial charge in [-0.25, -0.2) is 0 Å². The van der Waals surface area contributed by atoms with Gasteiger partial charge < -0.3 is 21.7 Å². The van der Waals surface area contributed by atoms with Gasteiger partial charge in [0.05, 0.1) is 12.8 Å². The Morgan fingerprint density at radius 1 is 1.60 bits per heavy atom. The van der Waals surface area contributed by atoms with Gasteiger partial charge in [-0.1, -0.05) is 0 Å². The summed E-state index contributed by atoms with van der Waals surface area (Å²) in [5.41, 5.74) is 9.78. The third kappa shape index (κ3) is 5.01. The van der Waals surface area contributed by atoms with Crippen LogP contribution in [0, 0.1) is 0 Å². The molecule has 6 N–H and O–H groups in total. The summed E-state index contributed by atoms with van der Waals surface area (Å²) in [5.74, 6) is -0.193. The lowest BCUT2D eigenvalue weighted by molar-refractivity contribution is 0.148. The second-order valence-corrected chi connectivity index (χ2v) is 1.54. The predicted octanol–water partition coefficient (Wildman–Crippen LogP) is -2.40. The molecule has 0 radical (unpaired) electrons. The predicted molar refractivity (Wildman–Crippen MR) is 37.4 cm³/mol. The Balaban J connectivity index is 3.66. The summed E-state index contributed by atoms with van der Waals surface area (Å²) in [6.45, 7) is -0.399. The molecule has 0 aliphatic carbocycles. The van der Waals surface area contributed by atoms with E-state index in [1.807, 2.05) is 0 Å². The second kappa shape index (κ2) is 4.71. The Hall–Kier alpha value is -1.14. The van der Waals surface area contributed by atoms with Crippen molar-refractivity contribution >= 4 is 12.2 Å². The van der Waals surface area contributed by atoms with E-state index in [2.05, 4.69) is 10.2 Å². The summed E-state index contributed by atoms with van der Waals surface area (Å²) in [6, 6.07) is 0. The van der Waals surface area contributed by atoms with E-state index >= 15 is 0 Å². The zero-order chi connectivity index (χ0) is 7.98. The van der Waals surface area contributed by atoms with Crippen molar-refractivity contribution in [3.05, 3.63) is 0 Å². The van der Waals surface area contributed by atoms with Gasteiger partial charge in [-0.05, 0) is 0 Å². The van der Waals surface area contributed by atoms with Gasteiger partial charge in [0.2, 0.25) is 5.96 Å². The van der Waals surface area contributed by atoms with Crippen molar-refractivity contribution in [3.8, 4) is 0 Å². The minimum Gasteiger partial charge on any atom is -0.393 e. The first-order chi connectivity index (χ1) is 4.66. The SMILES string of the molecule is NC(N)=N/N=C/C(O)CO. The Morgan fingerprint density at radius 2 is 2.20 bits per heavy atom. The minimum atomic E-state index is -1.01. The van der Waals surface area contributed by atoms with E-state index in [-0.39, 0.29) is 5.96 Å². The molecule has 0 heterocycles. The summed E-state index contributed by atoms with van der Waals surface area (Å²) in [6.07, 6.45) is 0.0165. The number of hydrogen-bond donors (Lipinski definition) is 4. The van der Waals surface area contributed by atoms with Crippen LogP contribution in [0.3, 0.4) is 0 Å². The van der Waals surface area contributed by atoms with Crippen LogP contribution in [0.25, 0.3) is 0 Å². The standard InChI is InChI=1S/C4H10N4O2/c5-4(6)8-7-1-3(10)2-9/h1,3,9-10H,2H2,(H4,5,6,8)/b7-1+. The van der Waals surface area contributed by atoms with E-state index in [1.54, 1.807) is 0 Å². The summed E-state index contributed by atoms with van der Waals surface area (Å²) in [7, 11) is 0. The first kappa shape index (κ1) is 8.86. The topological polar surface area (TPSA) is 117 Å². The van der Waals surface area contributed by atoms with E-state index in [0.29, 0.717) is 0 Å². The van der Waals surface area contributed by atoms with Crippen LogP contribution in [-0.2, 0) is 0 Å². The number of rotatable bonds is 3. The summed E-state index contributed by atoms with van der Waals surface area (Å²) in [5, 5.41) is 23.3. The molecule has 1 atom stereocenters. The maximum absolute atomic E-state index is 8.62. The number of guanidine groups is 1. The molecule has 0 aliphatic rings. The van der Waals surface area contributed by atoms with E-state index < -0.39 is 12.7 Å². The lowest BCUT2D eigenvalue weighted by Crippen LogP contribution is -2.22. The summed E-state index contributed by atoms with van der Waals surface area (Å²) in [4.78, 5) is 0. The molecule has 0 bridgehead atoms. The summed E-state index contributed by atoms with van der Waals surface area (Å²) >= 11 is 0. The fourth-order valence-electron chi connectivity index (χ4n) is 0.224. The molecule has 6 heteroatoms. The van der Waals surface area contributed by atoms with Crippen molar-refractivity contribution in [2.24, 2.45) is 21.7 Å². The van der Waals surface area contributed by atoms with Crippen molar-refractivity contribution in [2.75, 3.05) is 6.61 Å². The minimum absolute atomic E-state index is 0.193. The first-order valence-electron chi connectivity index (χ1n) is 2.58. The molecule has 0 rings (SSSR count). The maximum Gasteiger partial charge on any atom is 0.211 e. The average molecular weight is 146 g/mol. The molecule has 1 unspecified atom stereocenters. The third-order valence-electron chi connectivity index (χ3n) is 0.599. The molecule has 10 heavy (non-hydrogen) atoms. The van der Waals surface area contributed by atoms with Gasteiger partial charge in [0.15, 0.2) is 0 Å². The number of aliphatic hydroxyl groups is 2. The molecule has 0 fully saturated rings. The largest absolute Gasteiger partial charge is 0.393 e. The van der Waals surface area contributed by atoms with Gasteiger partial charge in [0, 0.05) is 0 Å². The molecule has 6 nitrogen and oxygen atoms in total. The van der Waals surface area contributed by atoms with E-state index in [4.69, 9.17) is 21.7 Å². The zero-order valence-corrected chi connectivity index (χ0v) is 5.31. The van der Waals surface area contributed by atoms with Crippen molar-refractivity contribution < 1.29 is 10.2 Å². The molecule has 0 aromatic carbocycles. The first-order valence-corrected chi connectivity index (χ1v) is 2.58. The lowest BCUT2D eigenvalue weighted by Gasteiger charge is -1.94. The van der Waals surface area contributed by atoms with Gasteiger partial charge >= 0.3 is 0 Å². The number of hydrogen-bond acceptors (Lipinski definition) is 4. The maximum atomic E-state index is 8.62. The molecule has 0 saturated carbocycles. The van der Waals surface area contributed by atoms with Gasteiger partial charge in [-0.2, -0.15) is 5.10 Å². The zero-order valence-electron chi connectivity index (χ0n) is 5.31. The molecular formula is C4H10N4O2. The fourth-order valence-corrected chi connectivity index (χ4v) is 0.224. The van der Waals surface area contributed by atoms with Crippen LogP contribution < -0.4 is 11.5 Å². The molecule has 0 aromatic rings. The highest BCUT2D eigenvalue weighted by Gasteiger charge is 1.92. The Bertz CT molecular complexity index is 140. The van der Waals surface area contributed by atoms with Crippen molar-refractivity contribution in [2.45, 2.75) is 6.10 Å². The normalized spacial score (nSPS) is 13.4. The molecule has 58 valence electrons. The van der Waals surface area contributed by atoms with Crippen LogP contribution in [0.2, 0.25) is 0 Å². The van der Waals surface area contributed by atoms with Gasteiger partial charge in [-0.3, -0.25) is 0 Å². The van der Waals surface area contributed by atoms with E-state index in [0.717, 1.165) is 6.21 Å². The second-order valence-electron chi connectivity index (χ2n) is 1.54. The van der Waals surface area contributed by atoms with Crippen LogP contribution in [-0.4, -0.2) is 35.1 Å². The molecule has 0 spiro atoms. The van der Waals surface area contributed by atoms with Crippen LogP contribution in [0.4, 0.5) is 0 Å². The molecule has 0 saturated heterocycles. The number of aliphatic hydroxyl groups excluding tert-OH is 2. The summed E-state index contributed by atoms with van der Waals surface area (Å²) < 4.78 is 0. The van der Waals surface area contributed by atoms with Gasteiger partial charge in [0.25, 0.3) is 0 Å². The highest BCUT2D eigenvalue weighted by molar-refractivity contribution is 5.76. The highest BCUT2D eigenvalue weighted by Crippen LogP contribution is 1.75. The third-order valence-corrected chi connectivity index (χ3v) is 0.599. The monoisotopic (exact) mass is 146 g/mol. The molecule has 0 amide bonds. The van der Waals surface area contributed by atoms with E-state index in [9.17, 15) is 0 Å². The number of nitrogens with two attached hydrogens (primary N) is 2. The molecule has 0 aromatic heterocycles. The van der Waals surface area contributed by atoms with Crippen molar-refractivity contribution in [1.82, 2.24) is 0 Å². The van der Waals surface area contributed by atoms with Crippen molar-refractivity contribution in [3.63, 3.8) is 0 Å².